The zero-order chi connectivity index (χ0) is 28.6. The number of hydroxylamine groups is 1. The summed E-state index contributed by atoms with van der Waals surface area (Å²) in [4.78, 5) is 56.9. The van der Waals surface area contributed by atoms with Crippen molar-refractivity contribution in [2.45, 2.75) is 65.3 Å². The lowest BCUT2D eigenvalue weighted by Crippen LogP contribution is -2.51. The Labute approximate surface area is 239 Å². The predicted molar refractivity (Wildman–Crippen MR) is 150 cm³/mol. The second-order valence-corrected chi connectivity index (χ2v) is 11.7. The first-order chi connectivity index (χ1) is 18.4. The van der Waals surface area contributed by atoms with E-state index in [9.17, 15) is 19.2 Å². The molecular formula is C29H35Cl2N3O5. The van der Waals surface area contributed by atoms with Crippen molar-refractivity contribution in [1.29, 1.82) is 0 Å². The lowest BCUT2D eigenvalue weighted by atomic mass is 9.81. The van der Waals surface area contributed by atoms with Crippen molar-refractivity contribution in [1.82, 2.24) is 16.1 Å². The lowest BCUT2D eigenvalue weighted by molar-refractivity contribution is -0.154. The number of hydrogen-bond acceptors (Lipinski definition) is 5. The van der Waals surface area contributed by atoms with Gasteiger partial charge in [-0.2, -0.15) is 5.48 Å². The average Bonchev–Trinajstić information content (AvgIpc) is 3.37. The molecule has 1 fully saturated rings. The Hall–Kier alpha value is -3.10. The Morgan fingerprint density at radius 2 is 1.56 bits per heavy atom. The van der Waals surface area contributed by atoms with Crippen LogP contribution in [0.25, 0.3) is 0 Å². The molecular weight excluding hydrogens is 541 g/mol. The summed E-state index contributed by atoms with van der Waals surface area (Å²) in [5.74, 6) is -1.98. The molecule has 10 heteroatoms. The summed E-state index contributed by atoms with van der Waals surface area (Å²) in [6.07, 6.45) is 3.67. The minimum atomic E-state index is -1.07. The van der Waals surface area contributed by atoms with E-state index in [4.69, 9.17) is 28.0 Å². The number of carbonyl (C=O) groups is 4. The molecule has 2 aromatic rings. The Balaban J connectivity index is 1.72. The molecule has 39 heavy (non-hydrogen) atoms. The van der Waals surface area contributed by atoms with Gasteiger partial charge in [0, 0.05) is 18.4 Å². The molecule has 8 nitrogen and oxygen atoms in total. The minimum absolute atomic E-state index is 0.0282. The number of rotatable bonds is 9. The largest absolute Gasteiger partial charge is 0.356 e. The second kappa shape index (κ2) is 13.3. The van der Waals surface area contributed by atoms with Gasteiger partial charge in [-0.3, -0.25) is 14.4 Å². The van der Waals surface area contributed by atoms with Crippen LogP contribution in [-0.2, 0) is 25.6 Å². The van der Waals surface area contributed by atoms with E-state index in [-0.39, 0.29) is 33.8 Å². The standard InChI is InChI=1S/C29H35Cl2N3O5/c1-28(2,3)26(37)32-17-16-29(14-7-8-15-29)27(38)33-22(18-19-10-5-4-6-11-19)25(36)39-34-24(35)23-20(30)12-9-13-21(23)31/h4-6,9-13,22H,7-8,14-18H2,1-3H3,(H,32,37)(H,33,38)(H,34,35)/t22-/m0/s1. The zero-order valence-electron chi connectivity index (χ0n) is 22.4. The highest BCUT2D eigenvalue weighted by atomic mass is 35.5. The van der Waals surface area contributed by atoms with Crippen LogP contribution in [0.3, 0.4) is 0 Å². The highest BCUT2D eigenvalue weighted by molar-refractivity contribution is 6.39. The maximum atomic E-state index is 13.6. The average molecular weight is 577 g/mol. The summed E-state index contributed by atoms with van der Waals surface area (Å²) in [5.41, 5.74) is 1.63. The molecule has 1 aliphatic carbocycles. The molecule has 0 bridgehead atoms. The monoisotopic (exact) mass is 575 g/mol. The molecule has 0 heterocycles. The van der Waals surface area contributed by atoms with Crippen LogP contribution in [0.2, 0.25) is 10.0 Å². The van der Waals surface area contributed by atoms with E-state index >= 15 is 0 Å². The van der Waals surface area contributed by atoms with Crippen LogP contribution in [0.5, 0.6) is 0 Å². The zero-order valence-corrected chi connectivity index (χ0v) is 24.0. The summed E-state index contributed by atoms with van der Waals surface area (Å²) in [5, 5.41) is 6.00. The third-order valence-corrected chi connectivity index (χ3v) is 7.55. The molecule has 3 amide bonds. The van der Waals surface area contributed by atoms with Gasteiger partial charge in [0.1, 0.15) is 6.04 Å². The fraction of sp³-hybridized carbons (Fsp3) is 0.448. The maximum Gasteiger partial charge on any atom is 0.354 e. The van der Waals surface area contributed by atoms with Crippen LogP contribution in [0, 0.1) is 10.8 Å². The summed E-state index contributed by atoms with van der Waals surface area (Å²) in [6.45, 7) is 5.85. The third-order valence-electron chi connectivity index (χ3n) is 6.92. The van der Waals surface area contributed by atoms with Crippen molar-refractivity contribution < 1.29 is 24.0 Å². The van der Waals surface area contributed by atoms with Gasteiger partial charge in [0.05, 0.1) is 21.0 Å². The number of halogens is 2. The van der Waals surface area contributed by atoms with Crippen molar-refractivity contribution in [2.75, 3.05) is 6.54 Å². The summed E-state index contributed by atoms with van der Waals surface area (Å²) in [6, 6.07) is 12.7. The molecule has 3 rings (SSSR count). The quantitative estimate of drug-likeness (QED) is 0.363. The fourth-order valence-corrected chi connectivity index (χ4v) is 5.18. The normalized spacial score (nSPS) is 15.2. The number of carbonyl (C=O) groups excluding carboxylic acids is 4. The molecule has 2 aromatic carbocycles. The van der Waals surface area contributed by atoms with Crippen LogP contribution in [0.15, 0.2) is 48.5 Å². The molecule has 1 aliphatic rings. The van der Waals surface area contributed by atoms with Crippen LogP contribution in [0.1, 0.15) is 68.8 Å². The van der Waals surface area contributed by atoms with Gasteiger partial charge in [0.25, 0.3) is 5.91 Å². The molecule has 0 aliphatic heterocycles. The van der Waals surface area contributed by atoms with Gasteiger partial charge in [0.2, 0.25) is 11.8 Å². The maximum absolute atomic E-state index is 13.6. The fourth-order valence-electron chi connectivity index (χ4n) is 4.61. The highest BCUT2D eigenvalue weighted by Crippen LogP contribution is 2.41. The summed E-state index contributed by atoms with van der Waals surface area (Å²) >= 11 is 12.2. The molecule has 0 aromatic heterocycles. The summed E-state index contributed by atoms with van der Waals surface area (Å²) < 4.78 is 0. The van der Waals surface area contributed by atoms with Crippen molar-refractivity contribution in [3.05, 3.63) is 69.7 Å². The highest BCUT2D eigenvalue weighted by Gasteiger charge is 2.42. The topological polar surface area (TPSA) is 114 Å². The molecule has 1 saturated carbocycles. The minimum Gasteiger partial charge on any atom is -0.356 e. The van der Waals surface area contributed by atoms with E-state index < -0.39 is 28.7 Å². The van der Waals surface area contributed by atoms with E-state index in [0.29, 0.717) is 25.8 Å². The molecule has 0 radical (unpaired) electrons. The van der Waals surface area contributed by atoms with Crippen molar-refractivity contribution in [2.24, 2.45) is 10.8 Å². The Kier molecular flexibility index (Phi) is 10.4. The molecule has 210 valence electrons. The first kappa shape index (κ1) is 30.4. The SMILES string of the molecule is CC(C)(C)C(=O)NCCC1(C(=O)N[C@@H](Cc2ccccc2)C(=O)ONC(=O)c2c(Cl)cccc2Cl)CCCC1. The van der Waals surface area contributed by atoms with Crippen molar-refractivity contribution in [3.8, 4) is 0 Å². The van der Waals surface area contributed by atoms with Gasteiger partial charge in [0.15, 0.2) is 0 Å². The first-order valence-electron chi connectivity index (χ1n) is 13.0. The number of benzene rings is 2. The van der Waals surface area contributed by atoms with Gasteiger partial charge in [-0.25, -0.2) is 4.79 Å². The lowest BCUT2D eigenvalue weighted by Gasteiger charge is -2.30. The Bertz CT molecular complexity index is 1170. The summed E-state index contributed by atoms with van der Waals surface area (Å²) in [7, 11) is 0. The Morgan fingerprint density at radius 1 is 0.949 bits per heavy atom. The van der Waals surface area contributed by atoms with E-state index in [2.05, 4.69) is 16.1 Å². The van der Waals surface area contributed by atoms with Crippen LogP contribution in [0.4, 0.5) is 0 Å². The van der Waals surface area contributed by atoms with E-state index in [1.807, 2.05) is 51.1 Å². The van der Waals surface area contributed by atoms with Crippen LogP contribution in [-0.4, -0.2) is 36.3 Å². The first-order valence-corrected chi connectivity index (χ1v) is 13.8. The molecule has 0 spiro atoms. The van der Waals surface area contributed by atoms with Crippen molar-refractivity contribution >= 4 is 46.9 Å². The number of amides is 3. The van der Waals surface area contributed by atoms with Crippen molar-refractivity contribution in [3.63, 3.8) is 0 Å². The Morgan fingerprint density at radius 3 is 2.15 bits per heavy atom. The van der Waals surface area contributed by atoms with Crippen LogP contribution >= 0.6 is 23.2 Å². The molecule has 3 N–H and O–H groups in total. The molecule has 0 saturated heterocycles. The second-order valence-electron chi connectivity index (χ2n) is 10.9. The van der Waals surface area contributed by atoms with Gasteiger partial charge >= 0.3 is 5.97 Å². The predicted octanol–water partition coefficient (Wildman–Crippen LogP) is 5.02. The third kappa shape index (κ3) is 8.19. The number of nitrogens with one attached hydrogen (secondary N) is 3. The van der Waals surface area contributed by atoms with E-state index in [1.165, 1.54) is 12.1 Å². The van der Waals surface area contributed by atoms with Gasteiger partial charge in [-0.05, 0) is 37.0 Å². The number of hydrogen-bond donors (Lipinski definition) is 3. The van der Waals surface area contributed by atoms with Gasteiger partial charge < -0.3 is 15.5 Å². The molecule has 1 atom stereocenters. The van der Waals surface area contributed by atoms with Crippen LogP contribution < -0.4 is 16.1 Å². The van der Waals surface area contributed by atoms with Gasteiger partial charge in [-0.1, -0.05) is 93.2 Å². The van der Waals surface area contributed by atoms with E-state index in [1.54, 1.807) is 6.07 Å². The smallest absolute Gasteiger partial charge is 0.354 e. The molecule has 0 unspecified atom stereocenters. The van der Waals surface area contributed by atoms with E-state index in [0.717, 1.165) is 18.4 Å². The van der Waals surface area contributed by atoms with Gasteiger partial charge in [-0.15, -0.1) is 0 Å².